The summed E-state index contributed by atoms with van der Waals surface area (Å²) in [4.78, 5) is 93.2. The predicted octanol–water partition coefficient (Wildman–Crippen LogP) is 2.91. The number of carbonyl (C=O) groups excluding carboxylic acids is 3. The summed E-state index contributed by atoms with van der Waals surface area (Å²) in [7, 11) is 0. The molecule has 2 aromatic rings. The van der Waals surface area contributed by atoms with Crippen molar-refractivity contribution in [2.75, 3.05) is 13.1 Å². The van der Waals surface area contributed by atoms with E-state index in [-0.39, 0.29) is 64.1 Å². The van der Waals surface area contributed by atoms with Gasteiger partial charge in [0.1, 0.15) is 18.1 Å². The second kappa shape index (κ2) is 29.3. The van der Waals surface area contributed by atoms with Gasteiger partial charge in [-0.1, -0.05) is 25.0 Å². The number of urea groups is 1. The fraction of sp³-hybridized carbons (Fsp3) is 0.553. The van der Waals surface area contributed by atoms with Gasteiger partial charge in [0.2, 0.25) is 11.8 Å². The number of aliphatic carboxylic acids is 4. The van der Waals surface area contributed by atoms with Crippen molar-refractivity contribution in [1.29, 1.82) is 0 Å². The van der Waals surface area contributed by atoms with Gasteiger partial charge in [-0.15, -0.1) is 0 Å². The molecule has 2 aromatic heterocycles. The number of pyridine rings is 2. The molecule has 0 aliphatic carbocycles. The van der Waals surface area contributed by atoms with Crippen LogP contribution in [0.25, 0.3) is 0 Å². The molecule has 4 amide bonds. The van der Waals surface area contributed by atoms with Crippen molar-refractivity contribution in [3.05, 3.63) is 60.2 Å². The molecular formula is C38H55N7O11Tc. The summed E-state index contributed by atoms with van der Waals surface area (Å²) in [6.07, 6.45) is 8.02. The van der Waals surface area contributed by atoms with Crippen LogP contribution in [0.15, 0.2) is 48.8 Å². The van der Waals surface area contributed by atoms with Crippen LogP contribution < -0.4 is 21.3 Å². The molecule has 1 radical (unpaired) electrons. The first-order chi connectivity index (χ1) is 26.8. The Morgan fingerprint density at radius 2 is 1.05 bits per heavy atom. The van der Waals surface area contributed by atoms with Gasteiger partial charge in [0.05, 0.1) is 11.4 Å². The van der Waals surface area contributed by atoms with E-state index in [1.165, 1.54) is 0 Å². The number of unbranched alkanes of at least 4 members (excludes halogenated alkanes) is 5. The molecule has 57 heavy (non-hydrogen) atoms. The van der Waals surface area contributed by atoms with Crippen molar-refractivity contribution in [1.82, 2.24) is 36.1 Å². The fourth-order valence-electron chi connectivity index (χ4n) is 5.72. The van der Waals surface area contributed by atoms with Gasteiger partial charge in [-0.25, -0.2) is 19.2 Å². The molecule has 0 aromatic carbocycles. The number of aromatic nitrogens is 2. The summed E-state index contributed by atoms with van der Waals surface area (Å²) >= 11 is 0. The minimum Gasteiger partial charge on any atom is -0.481 e. The molecule has 8 N–H and O–H groups in total. The first kappa shape index (κ1) is 50.0. The zero-order valence-electron chi connectivity index (χ0n) is 31.9. The molecule has 2 heterocycles. The van der Waals surface area contributed by atoms with E-state index in [1.54, 1.807) is 12.4 Å². The molecule has 315 valence electrons. The number of carboxylic acids is 4. The van der Waals surface area contributed by atoms with Crippen molar-refractivity contribution < 1.29 is 74.1 Å². The molecule has 18 nitrogen and oxygen atoms in total. The molecule has 0 saturated heterocycles. The summed E-state index contributed by atoms with van der Waals surface area (Å²) in [5.74, 6) is -5.61. The molecule has 0 fully saturated rings. The Bertz CT molecular complexity index is 1500. The molecule has 19 heteroatoms. The van der Waals surface area contributed by atoms with Crippen LogP contribution in [-0.2, 0) is 62.0 Å². The van der Waals surface area contributed by atoms with Gasteiger partial charge >= 0.3 is 29.9 Å². The molecular weight excluding hydrogens is 828 g/mol. The number of nitrogens with zero attached hydrogens (tertiary/aromatic N) is 3. The Labute approximate surface area is 345 Å². The third-order valence-electron chi connectivity index (χ3n) is 8.73. The number of nitrogens with one attached hydrogen (secondary N) is 4. The Hall–Kier alpha value is -5.00. The average molecular weight is 884 g/mol. The van der Waals surface area contributed by atoms with Gasteiger partial charge in [0.15, 0.2) is 0 Å². The maximum absolute atomic E-state index is 12.5. The van der Waals surface area contributed by atoms with E-state index in [9.17, 15) is 43.8 Å². The van der Waals surface area contributed by atoms with Gasteiger partial charge in [-0.3, -0.25) is 29.3 Å². The minimum atomic E-state index is -1.50. The number of hydrogen-bond acceptors (Lipinski definition) is 10. The van der Waals surface area contributed by atoms with Crippen molar-refractivity contribution >= 4 is 41.7 Å². The normalized spacial score (nSPS) is 12.3. The third-order valence-corrected chi connectivity index (χ3v) is 8.73. The van der Waals surface area contributed by atoms with E-state index in [0.717, 1.165) is 17.8 Å². The van der Waals surface area contributed by atoms with Gasteiger partial charge in [-0.2, -0.15) is 0 Å². The van der Waals surface area contributed by atoms with Crippen LogP contribution in [0.3, 0.4) is 0 Å². The third kappa shape index (κ3) is 23.6. The molecule has 0 bridgehead atoms. The number of hydrogen-bond donors (Lipinski definition) is 8. The van der Waals surface area contributed by atoms with Crippen molar-refractivity contribution in [3.63, 3.8) is 0 Å². The maximum atomic E-state index is 12.5. The van der Waals surface area contributed by atoms with Gasteiger partial charge in [0.25, 0.3) is 0 Å². The number of carboxylic acid groups (broad SMARTS) is 4. The zero-order chi connectivity index (χ0) is 41.1. The van der Waals surface area contributed by atoms with Crippen molar-refractivity contribution in [2.45, 2.75) is 121 Å². The Morgan fingerprint density at radius 1 is 0.561 bits per heavy atom. The first-order valence-electron chi connectivity index (χ1n) is 18.9. The Balaban J connectivity index is 0.0000162. The summed E-state index contributed by atoms with van der Waals surface area (Å²) < 4.78 is 0. The van der Waals surface area contributed by atoms with E-state index in [4.69, 9.17) is 10.2 Å². The standard InChI is InChI=1S/C38H55N7O11.Tc/c46-32(41-23-11-7-15-30(36(52)53)43-38(56)44-31(37(54)55)19-20-34(48)49)17-3-1-2-4-18-33(47)42-29(35(50)51)16-8-12-24-45(25-27-13-5-9-21-39-27)26-28-14-6-10-22-40-28;/h5-6,9-10,13-14,21-22,29-31H,1-4,7-8,11-12,15-20,23-26H2,(H,41,46)(H,42,47)(H,48,49)(H,50,51)(H,52,53)(H,54,55)(H2,43,44,56);/t29?,30-,31-;/m0./s1. The molecule has 0 aliphatic heterocycles. The van der Waals surface area contributed by atoms with Crippen LogP contribution >= 0.6 is 0 Å². The number of carbonyl (C=O) groups is 7. The molecule has 3 atom stereocenters. The fourth-order valence-corrected chi connectivity index (χ4v) is 5.72. The SMILES string of the molecule is O=C(O)CC[C@H](NC(=O)N[C@@H](CCCCNC(=O)CCCCCCC(=O)NC(CCCCN(Cc1ccccn1)Cc1ccccn1)C(=O)O)C(=O)O)C(=O)O.[Tc]. The van der Waals surface area contributed by atoms with Gasteiger partial charge in [0, 0.05) is 71.4 Å². The molecule has 1 unspecified atom stereocenters. The van der Waals surface area contributed by atoms with Crippen LogP contribution in [0, 0.1) is 0 Å². The quantitative estimate of drug-likeness (QED) is 0.0525. The van der Waals surface area contributed by atoms with Crippen LogP contribution in [-0.4, -0.2) is 108 Å². The van der Waals surface area contributed by atoms with Crippen LogP contribution in [0.4, 0.5) is 4.79 Å². The van der Waals surface area contributed by atoms with E-state index in [0.29, 0.717) is 71.0 Å². The largest absolute Gasteiger partial charge is 0.481 e. The van der Waals surface area contributed by atoms with E-state index < -0.39 is 54.5 Å². The van der Waals surface area contributed by atoms with Crippen LogP contribution in [0.5, 0.6) is 0 Å². The van der Waals surface area contributed by atoms with Gasteiger partial charge in [-0.05, 0) is 88.6 Å². The predicted molar refractivity (Wildman–Crippen MR) is 202 cm³/mol. The second-order valence-electron chi connectivity index (χ2n) is 13.4. The molecule has 2 rings (SSSR count). The summed E-state index contributed by atoms with van der Waals surface area (Å²) in [6, 6.07) is 6.67. The summed E-state index contributed by atoms with van der Waals surface area (Å²) in [5, 5.41) is 46.6. The smallest absolute Gasteiger partial charge is 0.326 e. The molecule has 0 saturated carbocycles. The zero-order valence-corrected chi connectivity index (χ0v) is 33.8. The van der Waals surface area contributed by atoms with Crippen molar-refractivity contribution in [3.8, 4) is 0 Å². The monoisotopic (exact) mass is 882 g/mol. The maximum Gasteiger partial charge on any atom is 0.326 e. The first-order valence-corrected chi connectivity index (χ1v) is 18.9. The average Bonchev–Trinajstić information content (AvgIpc) is 3.15. The Kier molecular flexibility index (Phi) is 25.7. The van der Waals surface area contributed by atoms with E-state index in [1.807, 2.05) is 36.4 Å². The molecule has 0 aliphatic rings. The topological polar surface area (TPSA) is 278 Å². The Morgan fingerprint density at radius 3 is 1.54 bits per heavy atom. The summed E-state index contributed by atoms with van der Waals surface area (Å²) in [5.41, 5.74) is 1.85. The molecule has 0 spiro atoms. The van der Waals surface area contributed by atoms with Crippen LogP contribution in [0.1, 0.15) is 101 Å². The van der Waals surface area contributed by atoms with E-state index in [2.05, 4.69) is 36.1 Å². The summed E-state index contributed by atoms with van der Waals surface area (Å²) in [6.45, 7) is 2.25. The second-order valence-corrected chi connectivity index (χ2v) is 13.4. The van der Waals surface area contributed by atoms with Crippen molar-refractivity contribution in [2.24, 2.45) is 0 Å². The number of rotatable bonds is 30. The van der Waals surface area contributed by atoms with E-state index >= 15 is 0 Å². The number of amides is 4. The minimum absolute atomic E-state index is 0. The van der Waals surface area contributed by atoms with Crippen LogP contribution in [0.2, 0.25) is 0 Å². The van der Waals surface area contributed by atoms with Gasteiger partial charge < -0.3 is 41.7 Å².